The molecule has 6 atom stereocenters. The minimum Gasteiger partial charge on any atom is -0.293 e. The van der Waals surface area contributed by atoms with E-state index >= 15 is 0 Å². The van der Waals surface area contributed by atoms with Gasteiger partial charge < -0.3 is 0 Å². The molecule has 4 aromatic carbocycles. The Morgan fingerprint density at radius 2 is 0.660 bits per heavy atom. The molecule has 2 saturated carbocycles. The number of aryl methyl sites for hydroxylation is 4. The molecule has 0 aliphatic heterocycles. The maximum atomic E-state index is 14.9. The van der Waals surface area contributed by atoms with Gasteiger partial charge in [0.15, 0.2) is 23.1 Å². The second-order valence-corrected chi connectivity index (χ2v) is 15.7. The van der Waals surface area contributed by atoms with Crippen molar-refractivity contribution in [3.8, 4) is 0 Å². The molecule has 0 N–H and O–H groups in total. The third-order valence-electron chi connectivity index (χ3n) is 10.7. The van der Waals surface area contributed by atoms with Crippen molar-refractivity contribution in [1.82, 2.24) is 0 Å². The van der Waals surface area contributed by atoms with Crippen LogP contribution in [0.2, 0.25) is 0 Å². The van der Waals surface area contributed by atoms with Crippen molar-refractivity contribution in [2.75, 3.05) is 0 Å². The normalized spacial score (nSPS) is 20.6. The summed E-state index contributed by atoms with van der Waals surface area (Å²) in [6.45, 7) is 7.84. The summed E-state index contributed by atoms with van der Waals surface area (Å²) < 4.78 is 0. The summed E-state index contributed by atoms with van der Waals surface area (Å²) in [4.78, 5) is 59.7. The first kappa shape index (κ1) is 33.3. The Bertz CT molecular complexity index is 1590. The van der Waals surface area contributed by atoms with Crippen molar-refractivity contribution in [1.29, 1.82) is 0 Å². The second kappa shape index (κ2) is 12.8. The monoisotopic (exact) mass is 660 g/mol. The predicted octanol–water partition coefficient (Wildman–Crippen LogP) is 8.64. The molecule has 0 aromatic heterocycles. The SMILES string of the molecule is Cc1ccc(C(=O)C(P)(C(=O)c2ccc(C)cc2)C2C3CCC(C3)C2C(P)(C(=O)c2ccc(C)cc2)C(=O)c2ccc(C)cc2)cc1. The number of rotatable bonds is 10. The molecule has 240 valence electrons. The number of Topliss-reactive ketones (excluding diaryl/α,β-unsaturated/α-hetero) is 4. The van der Waals surface area contributed by atoms with E-state index in [1.807, 2.05) is 76.2 Å². The van der Waals surface area contributed by atoms with Gasteiger partial charge in [0.1, 0.15) is 10.3 Å². The number of hydrogen-bond donors (Lipinski definition) is 0. The number of hydrogen-bond acceptors (Lipinski definition) is 4. The molecule has 6 rings (SSSR count). The fourth-order valence-corrected chi connectivity index (χ4v) is 9.81. The second-order valence-electron chi connectivity index (χ2n) is 13.9. The molecular weight excluding hydrogens is 618 g/mol. The van der Waals surface area contributed by atoms with Gasteiger partial charge in [-0.05, 0) is 70.6 Å². The third-order valence-corrected chi connectivity index (χ3v) is 12.5. The minimum absolute atomic E-state index is 0.0112. The highest BCUT2D eigenvalue weighted by Crippen LogP contribution is 2.64. The largest absolute Gasteiger partial charge is 0.293 e. The standard InChI is InChI=1S/C41H42O4P2/c1-24-5-13-28(14-6-24)36(42)40(46,37(43)29-15-7-25(2)8-16-29)34-32-21-22-33(23-32)35(34)41(47,38(44)30-17-9-26(3)10-18-30)39(45)31-19-11-27(4)12-20-31/h5-20,32-35H,21-23,46-47H2,1-4H3. The van der Waals surface area contributed by atoms with Gasteiger partial charge in [0.2, 0.25) is 0 Å². The number of ketones is 4. The van der Waals surface area contributed by atoms with E-state index in [-0.39, 0.29) is 35.0 Å². The van der Waals surface area contributed by atoms with Gasteiger partial charge in [0, 0.05) is 22.3 Å². The van der Waals surface area contributed by atoms with Crippen molar-refractivity contribution >= 4 is 41.6 Å². The molecule has 2 bridgehead atoms. The van der Waals surface area contributed by atoms with Crippen LogP contribution in [0.3, 0.4) is 0 Å². The van der Waals surface area contributed by atoms with Crippen LogP contribution in [0.1, 0.15) is 82.9 Å². The Balaban J connectivity index is 1.57. The van der Waals surface area contributed by atoms with Crippen LogP contribution in [-0.2, 0) is 0 Å². The van der Waals surface area contributed by atoms with E-state index in [9.17, 15) is 19.2 Å². The van der Waals surface area contributed by atoms with Crippen LogP contribution in [0, 0.1) is 51.4 Å². The lowest BCUT2D eigenvalue weighted by atomic mass is 9.61. The van der Waals surface area contributed by atoms with Crippen molar-refractivity contribution < 1.29 is 19.2 Å². The van der Waals surface area contributed by atoms with Crippen LogP contribution in [0.15, 0.2) is 97.1 Å². The van der Waals surface area contributed by atoms with E-state index in [0.29, 0.717) is 22.3 Å². The Morgan fingerprint density at radius 1 is 0.447 bits per heavy atom. The average Bonchev–Trinajstić information content (AvgIpc) is 3.71. The molecule has 0 amide bonds. The highest BCUT2D eigenvalue weighted by Gasteiger charge is 2.67. The van der Waals surface area contributed by atoms with Crippen molar-refractivity contribution in [2.45, 2.75) is 57.3 Å². The topological polar surface area (TPSA) is 68.3 Å². The highest BCUT2D eigenvalue weighted by molar-refractivity contribution is 7.24. The van der Waals surface area contributed by atoms with E-state index in [1.54, 1.807) is 48.5 Å². The average molecular weight is 661 g/mol. The van der Waals surface area contributed by atoms with Crippen LogP contribution in [0.25, 0.3) is 0 Å². The van der Waals surface area contributed by atoms with Crippen molar-refractivity contribution in [3.63, 3.8) is 0 Å². The van der Waals surface area contributed by atoms with Gasteiger partial charge in [0.05, 0.1) is 0 Å². The summed E-state index contributed by atoms with van der Waals surface area (Å²) in [6, 6.07) is 29.3. The van der Waals surface area contributed by atoms with Crippen LogP contribution >= 0.6 is 18.5 Å². The van der Waals surface area contributed by atoms with Crippen LogP contribution < -0.4 is 0 Å². The molecule has 2 aliphatic rings. The van der Waals surface area contributed by atoms with E-state index in [1.165, 1.54) is 0 Å². The summed E-state index contributed by atoms with van der Waals surface area (Å²) in [7, 11) is 5.44. The van der Waals surface area contributed by atoms with Gasteiger partial charge in [-0.3, -0.25) is 19.2 Å². The maximum Gasteiger partial charge on any atom is 0.180 e. The first-order valence-electron chi connectivity index (χ1n) is 16.4. The lowest BCUT2D eigenvalue weighted by Crippen LogP contribution is -2.59. The summed E-state index contributed by atoms with van der Waals surface area (Å²) in [6.07, 6.45) is 2.43. The lowest BCUT2D eigenvalue weighted by molar-refractivity contribution is 0.0560. The van der Waals surface area contributed by atoms with Crippen LogP contribution in [0.5, 0.6) is 0 Å². The third kappa shape index (κ3) is 5.79. The van der Waals surface area contributed by atoms with Crippen LogP contribution in [0.4, 0.5) is 0 Å². The molecule has 47 heavy (non-hydrogen) atoms. The lowest BCUT2D eigenvalue weighted by Gasteiger charge is -2.48. The van der Waals surface area contributed by atoms with Crippen molar-refractivity contribution in [3.05, 3.63) is 142 Å². The smallest absolute Gasteiger partial charge is 0.180 e. The van der Waals surface area contributed by atoms with Crippen molar-refractivity contribution in [2.24, 2.45) is 23.7 Å². The van der Waals surface area contributed by atoms with E-state index < -0.39 is 22.1 Å². The molecular formula is C41H42O4P2. The van der Waals surface area contributed by atoms with E-state index in [4.69, 9.17) is 0 Å². The quantitative estimate of drug-likeness (QED) is 0.0971. The van der Waals surface area contributed by atoms with E-state index in [2.05, 4.69) is 18.5 Å². The first-order valence-corrected chi connectivity index (χ1v) is 17.5. The van der Waals surface area contributed by atoms with Gasteiger partial charge in [0.25, 0.3) is 0 Å². The zero-order valence-electron chi connectivity index (χ0n) is 27.5. The van der Waals surface area contributed by atoms with Crippen LogP contribution in [-0.4, -0.2) is 33.4 Å². The van der Waals surface area contributed by atoms with Gasteiger partial charge in [-0.25, -0.2) is 0 Å². The Hall–Kier alpha value is -3.58. The van der Waals surface area contributed by atoms with E-state index in [0.717, 1.165) is 41.5 Å². The number of fused-ring (bicyclic) bond motifs is 2. The zero-order chi connectivity index (χ0) is 33.7. The molecule has 0 spiro atoms. The Labute approximate surface area is 282 Å². The van der Waals surface area contributed by atoms with Gasteiger partial charge in [-0.15, -0.1) is 18.5 Å². The number of benzene rings is 4. The fourth-order valence-electron chi connectivity index (χ4n) is 8.19. The number of carbonyl (C=O) groups excluding carboxylic acids is 4. The Morgan fingerprint density at radius 3 is 0.872 bits per heavy atom. The summed E-state index contributed by atoms with van der Waals surface area (Å²) in [5.41, 5.74) is 5.80. The molecule has 6 unspecified atom stereocenters. The maximum absolute atomic E-state index is 14.9. The van der Waals surface area contributed by atoms with Gasteiger partial charge in [-0.1, -0.05) is 119 Å². The highest BCUT2D eigenvalue weighted by atomic mass is 31.0. The first-order chi connectivity index (χ1) is 22.3. The summed E-state index contributed by atoms with van der Waals surface area (Å²) in [5.74, 6) is -2.36. The molecule has 0 heterocycles. The molecule has 4 nitrogen and oxygen atoms in total. The predicted molar refractivity (Wildman–Crippen MR) is 195 cm³/mol. The Kier molecular flexibility index (Phi) is 9.07. The minimum atomic E-state index is -1.60. The molecule has 4 aromatic rings. The van der Waals surface area contributed by atoms with Gasteiger partial charge in [-0.2, -0.15) is 0 Å². The molecule has 0 radical (unpaired) electrons. The summed E-state index contributed by atoms with van der Waals surface area (Å²) >= 11 is 0. The molecule has 2 aliphatic carbocycles. The molecule has 0 saturated heterocycles. The number of carbonyl (C=O) groups is 4. The molecule has 6 heteroatoms. The summed E-state index contributed by atoms with van der Waals surface area (Å²) in [5, 5.41) is -3.20. The zero-order valence-corrected chi connectivity index (χ0v) is 29.8. The molecule has 2 fully saturated rings. The fraction of sp³-hybridized carbons (Fsp3) is 0.317. The van der Waals surface area contributed by atoms with Gasteiger partial charge >= 0.3 is 0 Å².